The molecule has 1 amide bonds. The third-order valence-corrected chi connectivity index (χ3v) is 2.74. The number of aliphatic hydroxyl groups excluding tert-OH is 1. The molecule has 0 bridgehead atoms. The van der Waals surface area contributed by atoms with Crippen LogP contribution in [0.4, 0.5) is 0 Å². The number of rotatable bonds is 8. The third kappa shape index (κ3) is 6.85. The van der Waals surface area contributed by atoms with E-state index in [2.05, 4.69) is 11.9 Å². The normalized spacial score (nSPS) is 13.8. The first-order valence-electron chi connectivity index (χ1n) is 5.03. The van der Waals surface area contributed by atoms with Gasteiger partial charge in [0.2, 0.25) is 5.91 Å². The smallest absolute Gasteiger partial charge is 0.320 e. The fourth-order valence-corrected chi connectivity index (χ4v) is 1.67. The Morgan fingerprint density at radius 3 is 2.47 bits per heavy atom. The molecule has 2 unspecified atom stereocenters. The standard InChI is InChI=1S/C10H18N2O4S/c1-6(13)8(5-17-2)12-9(14)4-3-7(11)10(15)16/h7-8,13H,1,3-5,11H2,2H3,(H,12,14)(H,15,16). The van der Waals surface area contributed by atoms with Crippen LogP contribution < -0.4 is 11.1 Å². The monoisotopic (exact) mass is 262 g/mol. The van der Waals surface area contributed by atoms with E-state index in [-0.39, 0.29) is 24.5 Å². The van der Waals surface area contributed by atoms with E-state index in [1.54, 1.807) is 0 Å². The summed E-state index contributed by atoms with van der Waals surface area (Å²) in [5.74, 6) is -1.09. The number of hydrogen-bond acceptors (Lipinski definition) is 5. The highest BCUT2D eigenvalue weighted by atomic mass is 32.2. The average Bonchev–Trinajstić information content (AvgIpc) is 2.24. The molecule has 0 aliphatic rings. The van der Waals surface area contributed by atoms with Crippen LogP contribution in [0.3, 0.4) is 0 Å². The lowest BCUT2D eigenvalue weighted by atomic mass is 10.1. The van der Waals surface area contributed by atoms with E-state index in [4.69, 9.17) is 10.8 Å². The predicted octanol–water partition coefficient (Wildman–Crippen LogP) is 0.0980. The number of thioether (sulfide) groups is 1. The predicted molar refractivity (Wildman–Crippen MR) is 66.9 cm³/mol. The van der Waals surface area contributed by atoms with Gasteiger partial charge in [0.1, 0.15) is 11.8 Å². The molecular formula is C10H18N2O4S. The minimum absolute atomic E-state index is 0.00558. The molecule has 0 aromatic rings. The van der Waals surface area contributed by atoms with Crippen molar-refractivity contribution in [1.29, 1.82) is 0 Å². The Bertz CT molecular complexity index is 296. The summed E-state index contributed by atoms with van der Waals surface area (Å²) >= 11 is 1.45. The molecule has 0 aliphatic carbocycles. The zero-order chi connectivity index (χ0) is 13.4. The fraction of sp³-hybridized carbons (Fsp3) is 0.600. The number of carbonyl (C=O) groups excluding carboxylic acids is 1. The van der Waals surface area contributed by atoms with Gasteiger partial charge < -0.3 is 21.3 Å². The number of carbonyl (C=O) groups is 2. The lowest BCUT2D eigenvalue weighted by molar-refractivity contribution is -0.138. The first kappa shape index (κ1) is 15.8. The summed E-state index contributed by atoms with van der Waals surface area (Å²) in [4.78, 5) is 21.9. The molecule has 6 nitrogen and oxygen atoms in total. The second-order valence-corrected chi connectivity index (χ2v) is 4.46. The van der Waals surface area contributed by atoms with Crippen molar-refractivity contribution >= 4 is 23.6 Å². The molecule has 5 N–H and O–H groups in total. The molecule has 0 spiro atoms. The number of aliphatic carboxylic acids is 1. The highest BCUT2D eigenvalue weighted by Crippen LogP contribution is 2.04. The van der Waals surface area contributed by atoms with Crippen molar-refractivity contribution in [3.8, 4) is 0 Å². The van der Waals surface area contributed by atoms with Gasteiger partial charge in [0.25, 0.3) is 0 Å². The summed E-state index contributed by atoms with van der Waals surface area (Å²) in [6, 6.07) is -1.56. The molecule has 7 heteroatoms. The number of nitrogens with one attached hydrogen (secondary N) is 1. The molecule has 0 fully saturated rings. The number of carboxylic acids is 1. The van der Waals surface area contributed by atoms with Crippen molar-refractivity contribution in [2.75, 3.05) is 12.0 Å². The Labute approximate surface area is 104 Å². The molecule has 0 radical (unpaired) electrons. The molecule has 0 aliphatic heterocycles. The van der Waals surface area contributed by atoms with E-state index < -0.39 is 18.1 Å². The third-order valence-electron chi connectivity index (χ3n) is 2.07. The highest BCUT2D eigenvalue weighted by molar-refractivity contribution is 7.98. The second-order valence-electron chi connectivity index (χ2n) is 3.55. The molecule has 0 aromatic carbocycles. The quantitative estimate of drug-likeness (QED) is 0.461. The molecule has 0 saturated carbocycles. The van der Waals surface area contributed by atoms with E-state index >= 15 is 0 Å². The maximum atomic E-state index is 11.4. The minimum atomic E-state index is -1.13. The number of aliphatic hydroxyl groups is 1. The highest BCUT2D eigenvalue weighted by Gasteiger charge is 2.17. The second kappa shape index (κ2) is 7.97. The largest absolute Gasteiger partial charge is 0.511 e. The van der Waals surface area contributed by atoms with Gasteiger partial charge in [-0.05, 0) is 12.7 Å². The molecule has 0 aromatic heterocycles. The first-order chi connectivity index (χ1) is 7.88. The van der Waals surface area contributed by atoms with Gasteiger partial charge >= 0.3 is 5.97 Å². The lowest BCUT2D eigenvalue weighted by Crippen LogP contribution is -2.39. The van der Waals surface area contributed by atoms with Crippen molar-refractivity contribution in [2.45, 2.75) is 24.9 Å². The van der Waals surface area contributed by atoms with Gasteiger partial charge in [0, 0.05) is 12.2 Å². The van der Waals surface area contributed by atoms with E-state index in [1.165, 1.54) is 11.8 Å². The van der Waals surface area contributed by atoms with E-state index in [9.17, 15) is 14.7 Å². The van der Waals surface area contributed by atoms with Gasteiger partial charge in [-0.15, -0.1) is 0 Å². The number of hydrogen-bond donors (Lipinski definition) is 4. The Hall–Kier alpha value is -1.21. The van der Waals surface area contributed by atoms with Gasteiger partial charge in [-0.2, -0.15) is 11.8 Å². The van der Waals surface area contributed by atoms with Crippen molar-refractivity contribution < 1.29 is 19.8 Å². The topological polar surface area (TPSA) is 113 Å². The summed E-state index contributed by atoms with van der Waals surface area (Å²) in [5, 5.41) is 20.3. The number of amides is 1. The molecular weight excluding hydrogens is 244 g/mol. The molecule has 98 valence electrons. The van der Waals surface area contributed by atoms with Gasteiger partial charge in [0.05, 0.1) is 6.04 Å². The van der Waals surface area contributed by atoms with E-state index in [0.717, 1.165) is 0 Å². The van der Waals surface area contributed by atoms with Crippen LogP contribution in [0.5, 0.6) is 0 Å². The first-order valence-corrected chi connectivity index (χ1v) is 6.42. The van der Waals surface area contributed by atoms with E-state index in [1.807, 2.05) is 6.26 Å². The zero-order valence-corrected chi connectivity index (χ0v) is 10.5. The van der Waals surface area contributed by atoms with Crippen LogP contribution in [-0.4, -0.2) is 46.2 Å². The van der Waals surface area contributed by atoms with Gasteiger partial charge in [0.15, 0.2) is 0 Å². The van der Waals surface area contributed by atoms with Crippen LogP contribution in [0.25, 0.3) is 0 Å². The lowest BCUT2D eigenvalue weighted by Gasteiger charge is -2.16. The molecule has 0 rings (SSSR count). The maximum Gasteiger partial charge on any atom is 0.320 e. The Kier molecular flexibility index (Phi) is 7.40. The minimum Gasteiger partial charge on any atom is -0.511 e. The van der Waals surface area contributed by atoms with Crippen LogP contribution in [0, 0.1) is 0 Å². The van der Waals surface area contributed by atoms with Crippen molar-refractivity contribution in [3.63, 3.8) is 0 Å². The van der Waals surface area contributed by atoms with E-state index in [0.29, 0.717) is 5.75 Å². The van der Waals surface area contributed by atoms with Crippen LogP contribution in [0.1, 0.15) is 12.8 Å². The Morgan fingerprint density at radius 2 is 2.06 bits per heavy atom. The van der Waals surface area contributed by atoms with Crippen LogP contribution >= 0.6 is 11.8 Å². The molecule has 0 heterocycles. The van der Waals surface area contributed by atoms with Crippen LogP contribution in [0.2, 0.25) is 0 Å². The summed E-state index contributed by atoms with van der Waals surface area (Å²) in [7, 11) is 0. The summed E-state index contributed by atoms with van der Waals surface area (Å²) in [5.41, 5.74) is 5.26. The summed E-state index contributed by atoms with van der Waals surface area (Å²) in [6.07, 6.45) is 1.90. The number of carboxylic acid groups (broad SMARTS) is 1. The van der Waals surface area contributed by atoms with Crippen molar-refractivity contribution in [1.82, 2.24) is 5.32 Å². The molecule has 0 saturated heterocycles. The van der Waals surface area contributed by atoms with Crippen molar-refractivity contribution in [3.05, 3.63) is 12.3 Å². The SMILES string of the molecule is C=C(O)C(CSC)NC(=O)CCC(N)C(=O)O. The average molecular weight is 262 g/mol. The maximum absolute atomic E-state index is 11.4. The number of nitrogens with two attached hydrogens (primary N) is 1. The van der Waals surface area contributed by atoms with Gasteiger partial charge in [-0.3, -0.25) is 9.59 Å². The fourth-order valence-electron chi connectivity index (χ4n) is 1.06. The Balaban J connectivity index is 4.06. The van der Waals surface area contributed by atoms with Gasteiger partial charge in [-0.25, -0.2) is 0 Å². The summed E-state index contributed by atoms with van der Waals surface area (Å²) in [6.45, 7) is 3.36. The molecule has 2 atom stereocenters. The Morgan fingerprint density at radius 1 is 1.47 bits per heavy atom. The molecule has 17 heavy (non-hydrogen) atoms. The van der Waals surface area contributed by atoms with Crippen molar-refractivity contribution in [2.24, 2.45) is 5.73 Å². The van der Waals surface area contributed by atoms with Crippen LogP contribution in [-0.2, 0) is 9.59 Å². The van der Waals surface area contributed by atoms with Crippen LogP contribution in [0.15, 0.2) is 12.3 Å². The van der Waals surface area contributed by atoms with Gasteiger partial charge in [-0.1, -0.05) is 6.58 Å². The summed E-state index contributed by atoms with van der Waals surface area (Å²) < 4.78 is 0. The zero-order valence-electron chi connectivity index (χ0n) is 9.68.